The lowest BCUT2D eigenvalue weighted by Gasteiger charge is -2.13. The second-order valence-electron chi connectivity index (χ2n) is 6.30. The molecule has 1 aromatic heterocycles. The summed E-state index contributed by atoms with van der Waals surface area (Å²) in [6.07, 6.45) is 1.55. The number of hydrogen-bond acceptors (Lipinski definition) is 6. The molecule has 5 nitrogen and oxygen atoms in total. The van der Waals surface area contributed by atoms with Gasteiger partial charge in [-0.3, -0.25) is 4.98 Å². The summed E-state index contributed by atoms with van der Waals surface area (Å²) < 4.78 is 5.83. The average molecular weight is 419 g/mol. The van der Waals surface area contributed by atoms with E-state index in [0.717, 1.165) is 16.6 Å². The number of nitrogens with zero attached hydrogens (tertiary/aromatic N) is 2. The molecule has 1 heterocycles. The first-order chi connectivity index (χ1) is 14.0. The Hall–Kier alpha value is -3.40. The molecule has 0 spiro atoms. The second kappa shape index (κ2) is 7.92. The van der Waals surface area contributed by atoms with Crippen molar-refractivity contribution in [3.8, 4) is 17.6 Å². The monoisotopic (exact) mass is 418 g/mol. The lowest BCUT2D eigenvalue weighted by Crippen LogP contribution is -1.97. The van der Waals surface area contributed by atoms with Crippen LogP contribution in [0, 0.1) is 11.3 Å². The van der Waals surface area contributed by atoms with Gasteiger partial charge in [0.1, 0.15) is 17.6 Å². The van der Waals surface area contributed by atoms with Gasteiger partial charge in [0.15, 0.2) is 0 Å². The second-order valence-corrected chi connectivity index (χ2v) is 7.19. The molecule has 0 amide bonds. The molecule has 0 bridgehead atoms. The highest BCUT2D eigenvalue weighted by atomic mass is 35.5. The smallest absolute Gasteiger partial charge is 0.128 e. The van der Waals surface area contributed by atoms with Crippen LogP contribution in [0.25, 0.3) is 10.9 Å². The maximum absolute atomic E-state index is 9.48. The van der Waals surface area contributed by atoms with Crippen LogP contribution in [0.3, 0.4) is 0 Å². The topological polar surface area (TPSA) is 84.0 Å². The number of nitrogen functional groups attached to an aromatic ring is 1. The highest BCUT2D eigenvalue weighted by molar-refractivity contribution is 7.80. The molecule has 29 heavy (non-hydrogen) atoms. The van der Waals surface area contributed by atoms with Gasteiger partial charge in [0.2, 0.25) is 0 Å². The van der Waals surface area contributed by atoms with E-state index in [1.807, 2.05) is 30.3 Å². The van der Waals surface area contributed by atoms with Crippen molar-refractivity contribution in [3.05, 3.63) is 77.4 Å². The zero-order valence-electron chi connectivity index (χ0n) is 15.1. The summed E-state index contributed by atoms with van der Waals surface area (Å²) in [6.45, 7) is 0. The number of aromatic nitrogens is 1. The molecule has 142 valence electrons. The van der Waals surface area contributed by atoms with Crippen LogP contribution in [-0.2, 0) is 0 Å². The van der Waals surface area contributed by atoms with E-state index in [1.165, 1.54) is 0 Å². The molecule has 0 unspecified atom stereocenters. The van der Waals surface area contributed by atoms with Crippen LogP contribution in [0.2, 0.25) is 5.02 Å². The number of pyridine rings is 1. The molecule has 0 saturated carbocycles. The maximum atomic E-state index is 9.48. The van der Waals surface area contributed by atoms with E-state index in [1.54, 1.807) is 36.5 Å². The highest BCUT2D eigenvalue weighted by Gasteiger charge is 2.10. The van der Waals surface area contributed by atoms with Gasteiger partial charge in [0, 0.05) is 33.9 Å². The van der Waals surface area contributed by atoms with Gasteiger partial charge in [-0.1, -0.05) is 11.6 Å². The van der Waals surface area contributed by atoms with Crippen LogP contribution in [0.4, 0.5) is 17.1 Å². The molecule has 0 fully saturated rings. The van der Waals surface area contributed by atoms with E-state index < -0.39 is 0 Å². The minimum atomic E-state index is 0.435. The molecular formula is C22H15ClN4OS. The third-order valence-corrected chi connectivity index (χ3v) is 5.13. The molecule has 0 atom stereocenters. The van der Waals surface area contributed by atoms with Crippen molar-refractivity contribution in [2.24, 2.45) is 0 Å². The minimum absolute atomic E-state index is 0.435. The van der Waals surface area contributed by atoms with Gasteiger partial charge >= 0.3 is 0 Å². The van der Waals surface area contributed by atoms with Crippen LogP contribution in [0.1, 0.15) is 5.56 Å². The quantitative estimate of drug-likeness (QED) is 0.273. The fourth-order valence-corrected chi connectivity index (χ4v) is 3.18. The van der Waals surface area contributed by atoms with Crippen molar-refractivity contribution in [1.29, 1.82) is 5.26 Å². The fraction of sp³-hybridized carbons (Fsp3) is 0. The number of rotatable bonds is 4. The maximum Gasteiger partial charge on any atom is 0.128 e. The molecule has 0 aliphatic carbocycles. The van der Waals surface area contributed by atoms with E-state index in [4.69, 9.17) is 22.1 Å². The Labute approximate surface area is 178 Å². The molecule has 0 aliphatic heterocycles. The number of fused-ring (bicyclic) bond motifs is 1. The summed E-state index contributed by atoms with van der Waals surface area (Å²) in [5.41, 5.74) is 9.18. The first-order valence-electron chi connectivity index (χ1n) is 8.65. The lowest BCUT2D eigenvalue weighted by molar-refractivity contribution is 0.482. The zero-order valence-corrected chi connectivity index (χ0v) is 16.7. The Morgan fingerprint density at radius 2 is 1.79 bits per heavy atom. The standard InChI is InChI=1S/C22H15ClN4OS/c23-19-10-17(6-8-21(19)29)28-16-4-2-15(3-5-16)27-22-13(11-24)12-26-20-7-1-14(25)9-18(20)22/h1-10,12,29H,25H2,(H,26,27). The van der Waals surface area contributed by atoms with E-state index in [-0.39, 0.29) is 0 Å². The Kier molecular flexibility index (Phi) is 5.17. The molecule has 0 aliphatic rings. The number of nitrogens with two attached hydrogens (primary N) is 1. The number of hydrogen-bond donors (Lipinski definition) is 3. The van der Waals surface area contributed by atoms with Crippen molar-refractivity contribution in [2.45, 2.75) is 4.90 Å². The largest absolute Gasteiger partial charge is 0.457 e. The summed E-state index contributed by atoms with van der Waals surface area (Å²) in [4.78, 5) is 5.01. The Balaban J connectivity index is 1.61. The van der Waals surface area contributed by atoms with Gasteiger partial charge in [-0.2, -0.15) is 5.26 Å². The van der Waals surface area contributed by atoms with Crippen LogP contribution in [-0.4, -0.2) is 4.98 Å². The van der Waals surface area contributed by atoms with Crippen LogP contribution < -0.4 is 15.8 Å². The first kappa shape index (κ1) is 18.9. The van der Waals surface area contributed by atoms with Gasteiger partial charge in [0.05, 0.1) is 21.8 Å². The molecule has 7 heteroatoms. The number of anilines is 3. The summed E-state index contributed by atoms with van der Waals surface area (Å²) in [5, 5.41) is 14.1. The lowest BCUT2D eigenvalue weighted by atomic mass is 10.1. The van der Waals surface area contributed by atoms with Crippen molar-refractivity contribution in [1.82, 2.24) is 4.98 Å². The first-order valence-corrected chi connectivity index (χ1v) is 9.48. The van der Waals surface area contributed by atoms with Crippen LogP contribution in [0.5, 0.6) is 11.5 Å². The van der Waals surface area contributed by atoms with Crippen LogP contribution >= 0.6 is 24.2 Å². The predicted molar refractivity (Wildman–Crippen MR) is 119 cm³/mol. The Morgan fingerprint density at radius 1 is 1.03 bits per heavy atom. The van der Waals surface area contributed by atoms with Gasteiger partial charge in [-0.15, -0.1) is 12.6 Å². The Bertz CT molecular complexity index is 1250. The predicted octanol–water partition coefficient (Wildman–Crippen LogP) is 6.17. The molecule has 0 radical (unpaired) electrons. The van der Waals surface area contributed by atoms with Gasteiger partial charge < -0.3 is 15.8 Å². The third kappa shape index (κ3) is 4.06. The fourth-order valence-electron chi connectivity index (χ4n) is 2.87. The number of nitriles is 1. The number of benzene rings is 3. The number of halogens is 1. The summed E-state index contributed by atoms with van der Waals surface area (Å²) in [7, 11) is 0. The summed E-state index contributed by atoms with van der Waals surface area (Å²) in [5.74, 6) is 1.28. The minimum Gasteiger partial charge on any atom is -0.457 e. The Morgan fingerprint density at radius 3 is 2.52 bits per heavy atom. The van der Waals surface area contributed by atoms with E-state index in [2.05, 4.69) is 29.0 Å². The summed E-state index contributed by atoms with van der Waals surface area (Å²) >= 11 is 10.3. The van der Waals surface area contributed by atoms with Gasteiger partial charge in [-0.25, -0.2) is 0 Å². The number of ether oxygens (including phenoxy) is 1. The van der Waals surface area contributed by atoms with E-state index in [0.29, 0.717) is 38.4 Å². The average Bonchev–Trinajstić information content (AvgIpc) is 2.72. The van der Waals surface area contributed by atoms with Crippen LogP contribution in [0.15, 0.2) is 71.8 Å². The molecule has 4 rings (SSSR count). The SMILES string of the molecule is N#Cc1cnc2ccc(N)cc2c1Nc1ccc(Oc2ccc(S)c(Cl)c2)cc1. The van der Waals surface area contributed by atoms with E-state index in [9.17, 15) is 5.26 Å². The highest BCUT2D eigenvalue weighted by Crippen LogP contribution is 2.32. The van der Waals surface area contributed by atoms with Crippen molar-refractivity contribution < 1.29 is 4.74 Å². The normalized spacial score (nSPS) is 10.5. The molecule has 4 aromatic rings. The van der Waals surface area contributed by atoms with Crippen molar-refractivity contribution >= 4 is 52.2 Å². The van der Waals surface area contributed by atoms with Gasteiger partial charge in [-0.05, 0) is 54.6 Å². The summed E-state index contributed by atoms with van der Waals surface area (Å²) in [6, 6.07) is 20.3. The van der Waals surface area contributed by atoms with Gasteiger partial charge in [0.25, 0.3) is 0 Å². The number of nitrogens with one attached hydrogen (secondary N) is 1. The number of thiol groups is 1. The molecule has 0 saturated heterocycles. The molecule has 3 N–H and O–H groups in total. The van der Waals surface area contributed by atoms with Crippen molar-refractivity contribution in [2.75, 3.05) is 11.1 Å². The molecular weight excluding hydrogens is 404 g/mol. The zero-order chi connectivity index (χ0) is 20.4. The third-order valence-electron chi connectivity index (χ3n) is 4.29. The van der Waals surface area contributed by atoms with E-state index >= 15 is 0 Å². The molecule has 3 aromatic carbocycles. The van der Waals surface area contributed by atoms with Crippen molar-refractivity contribution in [3.63, 3.8) is 0 Å².